The van der Waals surface area contributed by atoms with Crippen LogP contribution in [0, 0.1) is 10.1 Å². The molecular weight excluding hydrogens is 365 g/mol. The average molecular weight is 375 g/mol. The van der Waals surface area contributed by atoms with Gasteiger partial charge in [0.05, 0.1) is 15.5 Å². The monoisotopic (exact) mass is 374 g/mol. The van der Waals surface area contributed by atoms with Gasteiger partial charge in [0.25, 0.3) is 11.6 Å². The van der Waals surface area contributed by atoms with Gasteiger partial charge >= 0.3 is 6.18 Å². The highest BCUT2D eigenvalue weighted by Crippen LogP contribution is 2.36. The fourth-order valence-electron chi connectivity index (χ4n) is 1.83. The topological polar surface area (TPSA) is 81.5 Å². The number of rotatable bonds is 5. The van der Waals surface area contributed by atoms with Gasteiger partial charge in [-0.3, -0.25) is 14.9 Å². The van der Waals surface area contributed by atoms with E-state index < -0.39 is 34.2 Å². The Labute approximate surface area is 144 Å². The summed E-state index contributed by atoms with van der Waals surface area (Å²) in [6.45, 7) is -0.484. The quantitative estimate of drug-likeness (QED) is 0.625. The molecule has 2 rings (SSSR count). The van der Waals surface area contributed by atoms with Gasteiger partial charge in [0.15, 0.2) is 6.61 Å². The first-order valence-electron chi connectivity index (χ1n) is 6.70. The third-order valence-corrected chi connectivity index (χ3v) is 3.30. The number of nitro groups is 1. The zero-order valence-electron chi connectivity index (χ0n) is 12.3. The summed E-state index contributed by atoms with van der Waals surface area (Å²) in [6.07, 6.45) is -4.65. The first-order chi connectivity index (χ1) is 11.7. The van der Waals surface area contributed by atoms with Gasteiger partial charge in [-0.2, -0.15) is 13.2 Å². The second-order valence-corrected chi connectivity index (χ2v) is 5.19. The zero-order valence-corrected chi connectivity index (χ0v) is 13.1. The molecule has 0 spiro atoms. The molecule has 0 bridgehead atoms. The fraction of sp³-hybridized carbons (Fsp3) is 0.133. The first kappa shape index (κ1) is 18.5. The number of carbonyl (C=O) groups excluding carboxylic acids is 1. The molecule has 2 aromatic carbocycles. The number of hydrogen-bond donors (Lipinski definition) is 1. The SMILES string of the molecule is O=C(COc1ccc([N+](=O)[O-])cc1)Nc1ccc(Cl)c(C(F)(F)F)c1. The Morgan fingerprint density at radius 1 is 1.20 bits per heavy atom. The van der Waals surface area contributed by atoms with Gasteiger partial charge in [-0.15, -0.1) is 0 Å². The Morgan fingerprint density at radius 2 is 1.84 bits per heavy atom. The van der Waals surface area contributed by atoms with Crippen molar-refractivity contribution in [3.05, 3.63) is 63.2 Å². The van der Waals surface area contributed by atoms with Crippen LogP contribution < -0.4 is 10.1 Å². The number of nitrogens with one attached hydrogen (secondary N) is 1. The molecule has 0 aliphatic rings. The minimum absolute atomic E-state index is 0.0889. The van der Waals surface area contributed by atoms with Crippen LogP contribution in [0.3, 0.4) is 0 Å². The molecular formula is C15H10ClF3N2O4. The predicted octanol–water partition coefficient (Wildman–Crippen LogP) is 4.28. The molecule has 0 unspecified atom stereocenters. The maximum atomic E-state index is 12.8. The number of hydrogen-bond acceptors (Lipinski definition) is 4. The van der Waals surface area contributed by atoms with Crippen molar-refractivity contribution < 1.29 is 27.6 Å². The summed E-state index contributed by atoms with van der Waals surface area (Å²) in [6, 6.07) is 7.96. The molecule has 10 heteroatoms. The lowest BCUT2D eigenvalue weighted by Gasteiger charge is -2.12. The van der Waals surface area contributed by atoms with Crippen molar-refractivity contribution in [1.82, 2.24) is 0 Å². The molecule has 0 aromatic heterocycles. The number of nitro benzene ring substituents is 1. The molecule has 0 aliphatic heterocycles. The number of alkyl halides is 3. The number of nitrogens with zero attached hydrogens (tertiary/aromatic N) is 1. The van der Waals surface area contributed by atoms with Crippen LogP contribution in [0.25, 0.3) is 0 Å². The highest BCUT2D eigenvalue weighted by Gasteiger charge is 2.33. The molecule has 0 fully saturated rings. The number of non-ortho nitro benzene ring substituents is 1. The predicted molar refractivity (Wildman–Crippen MR) is 83.7 cm³/mol. The van der Waals surface area contributed by atoms with Gasteiger partial charge in [0.2, 0.25) is 0 Å². The van der Waals surface area contributed by atoms with Crippen molar-refractivity contribution in [3.63, 3.8) is 0 Å². The number of amides is 1. The minimum Gasteiger partial charge on any atom is -0.484 e. The molecule has 0 saturated heterocycles. The van der Waals surface area contributed by atoms with Crippen molar-refractivity contribution in [2.75, 3.05) is 11.9 Å². The standard InChI is InChI=1S/C15H10ClF3N2O4/c16-13-6-1-9(7-12(13)15(17,18)19)20-14(22)8-25-11-4-2-10(3-5-11)21(23)24/h1-7H,8H2,(H,20,22). The molecule has 2 aromatic rings. The molecule has 1 amide bonds. The summed E-state index contributed by atoms with van der Waals surface area (Å²) in [5, 5.41) is 12.3. The van der Waals surface area contributed by atoms with Gasteiger partial charge in [-0.25, -0.2) is 0 Å². The molecule has 132 valence electrons. The van der Waals surface area contributed by atoms with Crippen molar-refractivity contribution in [1.29, 1.82) is 0 Å². The second-order valence-electron chi connectivity index (χ2n) is 4.78. The zero-order chi connectivity index (χ0) is 18.6. The minimum atomic E-state index is -4.65. The normalized spacial score (nSPS) is 11.0. The Morgan fingerprint density at radius 3 is 2.40 bits per heavy atom. The lowest BCUT2D eigenvalue weighted by Crippen LogP contribution is -2.20. The molecule has 6 nitrogen and oxygen atoms in total. The van der Waals surface area contributed by atoms with Gasteiger partial charge in [0, 0.05) is 17.8 Å². The first-order valence-corrected chi connectivity index (χ1v) is 7.08. The van der Waals surface area contributed by atoms with Crippen LogP contribution in [0.5, 0.6) is 5.75 Å². The van der Waals surface area contributed by atoms with Crippen LogP contribution in [-0.4, -0.2) is 17.4 Å². The summed E-state index contributed by atoms with van der Waals surface area (Å²) >= 11 is 5.49. The van der Waals surface area contributed by atoms with Crippen LogP contribution in [0.1, 0.15) is 5.56 Å². The molecule has 0 radical (unpaired) electrons. The molecule has 0 heterocycles. The summed E-state index contributed by atoms with van der Waals surface area (Å²) in [7, 11) is 0. The van der Waals surface area contributed by atoms with Gasteiger partial charge in [-0.1, -0.05) is 11.6 Å². The van der Waals surface area contributed by atoms with Crippen LogP contribution in [0.2, 0.25) is 5.02 Å². The van der Waals surface area contributed by atoms with E-state index in [1.807, 2.05) is 0 Å². The molecule has 25 heavy (non-hydrogen) atoms. The number of benzene rings is 2. The Hall–Kier alpha value is -2.81. The van der Waals surface area contributed by atoms with Crippen LogP contribution in [-0.2, 0) is 11.0 Å². The fourth-order valence-corrected chi connectivity index (χ4v) is 2.05. The summed E-state index contributed by atoms with van der Waals surface area (Å²) in [5.74, 6) is -0.498. The number of halogens is 4. The largest absolute Gasteiger partial charge is 0.484 e. The number of carbonyl (C=O) groups is 1. The third kappa shape index (κ3) is 5.08. The van der Waals surface area contributed by atoms with E-state index in [-0.39, 0.29) is 17.1 Å². The van der Waals surface area contributed by atoms with E-state index in [1.165, 1.54) is 30.3 Å². The second kappa shape index (κ2) is 7.39. The Balaban J connectivity index is 1.97. The van der Waals surface area contributed by atoms with Gasteiger partial charge in [0.1, 0.15) is 5.75 Å². The van der Waals surface area contributed by atoms with E-state index in [2.05, 4.69) is 5.32 Å². The van der Waals surface area contributed by atoms with Gasteiger partial charge in [-0.05, 0) is 30.3 Å². The average Bonchev–Trinajstić information content (AvgIpc) is 2.54. The maximum Gasteiger partial charge on any atom is 0.417 e. The number of anilines is 1. The Bertz CT molecular complexity index is 794. The molecule has 0 saturated carbocycles. The van der Waals surface area contributed by atoms with E-state index in [1.54, 1.807) is 0 Å². The smallest absolute Gasteiger partial charge is 0.417 e. The number of ether oxygens (including phenoxy) is 1. The van der Waals surface area contributed by atoms with Crippen LogP contribution in [0.4, 0.5) is 24.5 Å². The highest BCUT2D eigenvalue weighted by molar-refractivity contribution is 6.31. The van der Waals surface area contributed by atoms with Crippen LogP contribution >= 0.6 is 11.6 Å². The lowest BCUT2D eigenvalue weighted by atomic mass is 10.2. The Kier molecular flexibility index (Phi) is 5.48. The van der Waals surface area contributed by atoms with Crippen LogP contribution in [0.15, 0.2) is 42.5 Å². The van der Waals surface area contributed by atoms with Crippen molar-refractivity contribution in [3.8, 4) is 5.75 Å². The highest BCUT2D eigenvalue weighted by atomic mass is 35.5. The maximum absolute atomic E-state index is 12.8. The van der Waals surface area contributed by atoms with E-state index in [0.717, 1.165) is 6.07 Å². The van der Waals surface area contributed by atoms with E-state index >= 15 is 0 Å². The third-order valence-electron chi connectivity index (χ3n) is 2.97. The van der Waals surface area contributed by atoms with E-state index in [9.17, 15) is 28.1 Å². The van der Waals surface area contributed by atoms with Crippen molar-refractivity contribution in [2.45, 2.75) is 6.18 Å². The van der Waals surface area contributed by atoms with Crippen molar-refractivity contribution in [2.24, 2.45) is 0 Å². The molecule has 0 aliphatic carbocycles. The lowest BCUT2D eigenvalue weighted by molar-refractivity contribution is -0.384. The molecule has 0 atom stereocenters. The van der Waals surface area contributed by atoms with Gasteiger partial charge < -0.3 is 10.1 Å². The summed E-state index contributed by atoms with van der Waals surface area (Å²) < 4.78 is 43.4. The van der Waals surface area contributed by atoms with Crippen molar-refractivity contribution >= 4 is 28.9 Å². The molecule has 1 N–H and O–H groups in total. The van der Waals surface area contributed by atoms with E-state index in [4.69, 9.17) is 16.3 Å². The summed E-state index contributed by atoms with van der Waals surface area (Å²) in [5.41, 5.74) is -1.30. The summed E-state index contributed by atoms with van der Waals surface area (Å²) in [4.78, 5) is 21.7. The van der Waals surface area contributed by atoms with E-state index in [0.29, 0.717) is 6.07 Å².